The van der Waals surface area contributed by atoms with Gasteiger partial charge in [-0.15, -0.1) is 0 Å². The molecule has 1 saturated heterocycles. The molecule has 1 amide bonds. The van der Waals surface area contributed by atoms with Crippen molar-refractivity contribution in [3.05, 3.63) is 53.1 Å². The zero-order valence-corrected chi connectivity index (χ0v) is 25.8. The van der Waals surface area contributed by atoms with Crippen LogP contribution in [0.2, 0.25) is 0 Å². The van der Waals surface area contributed by atoms with Gasteiger partial charge in [0.1, 0.15) is 0 Å². The molecule has 8 nitrogen and oxygen atoms in total. The van der Waals surface area contributed by atoms with Gasteiger partial charge in [0.15, 0.2) is 11.5 Å². The van der Waals surface area contributed by atoms with E-state index in [1.54, 1.807) is 14.2 Å². The number of amides is 1. The number of benzene rings is 2. The highest BCUT2D eigenvalue weighted by Gasteiger charge is 2.37. The van der Waals surface area contributed by atoms with Crippen LogP contribution in [0.4, 0.5) is 14.5 Å². The van der Waals surface area contributed by atoms with Crippen molar-refractivity contribution in [2.75, 3.05) is 72.5 Å². The SMILES string of the molecule is CC(C)(F)F.CC[N+]1(C)CCN(c2cccc3c2CN([C@H](CCCN)c2ccc(OC)c(OC)c2)C3=O)CC1.CO. The predicted molar refractivity (Wildman–Crippen MR) is 160 cm³/mol. The molecule has 2 aromatic carbocycles. The first-order valence-electron chi connectivity index (χ1n) is 14.2. The summed E-state index contributed by atoms with van der Waals surface area (Å²) >= 11 is 0. The highest BCUT2D eigenvalue weighted by molar-refractivity contribution is 6.00. The van der Waals surface area contributed by atoms with Crippen LogP contribution in [0.1, 0.15) is 61.1 Å². The van der Waals surface area contributed by atoms with Crippen LogP contribution in [-0.4, -0.2) is 94.0 Å². The molecule has 2 aliphatic rings. The van der Waals surface area contributed by atoms with E-state index in [2.05, 4.69) is 24.9 Å². The molecule has 3 N–H and O–H groups in total. The van der Waals surface area contributed by atoms with Gasteiger partial charge in [0.05, 0.1) is 60.0 Å². The topological polar surface area (TPSA) is 88.3 Å². The number of alkyl halides is 2. The van der Waals surface area contributed by atoms with Crippen LogP contribution in [0.25, 0.3) is 0 Å². The Morgan fingerprint density at radius 3 is 2.22 bits per heavy atom. The van der Waals surface area contributed by atoms with Crippen molar-refractivity contribution in [3.63, 3.8) is 0 Å². The van der Waals surface area contributed by atoms with E-state index >= 15 is 0 Å². The zero-order chi connectivity index (χ0) is 30.8. The molecule has 10 heteroatoms. The van der Waals surface area contributed by atoms with Crippen LogP contribution in [0.3, 0.4) is 0 Å². The number of methoxy groups -OCH3 is 2. The molecule has 41 heavy (non-hydrogen) atoms. The Hall–Kier alpha value is -2.95. The average Bonchev–Trinajstić information content (AvgIpc) is 3.30. The fourth-order valence-corrected chi connectivity index (χ4v) is 5.26. The van der Waals surface area contributed by atoms with E-state index in [0.29, 0.717) is 24.6 Å². The summed E-state index contributed by atoms with van der Waals surface area (Å²) in [6.07, 6.45) is 1.64. The van der Waals surface area contributed by atoms with Crippen molar-refractivity contribution in [2.24, 2.45) is 5.73 Å². The molecule has 0 radical (unpaired) electrons. The number of hydrogen-bond donors (Lipinski definition) is 2. The maximum atomic E-state index is 13.7. The largest absolute Gasteiger partial charge is 0.493 e. The van der Waals surface area contributed by atoms with Crippen molar-refractivity contribution in [1.82, 2.24) is 4.90 Å². The Labute approximate surface area is 244 Å². The predicted octanol–water partition coefficient (Wildman–Crippen LogP) is 4.70. The van der Waals surface area contributed by atoms with Crippen LogP contribution in [-0.2, 0) is 6.54 Å². The number of piperazine rings is 1. The van der Waals surface area contributed by atoms with Gasteiger partial charge >= 0.3 is 0 Å². The minimum Gasteiger partial charge on any atom is -0.493 e. The summed E-state index contributed by atoms with van der Waals surface area (Å²) in [4.78, 5) is 18.1. The summed E-state index contributed by atoms with van der Waals surface area (Å²) in [7, 11) is 6.61. The van der Waals surface area contributed by atoms with E-state index in [0.717, 1.165) is 87.7 Å². The van der Waals surface area contributed by atoms with Gasteiger partial charge in [0.25, 0.3) is 5.91 Å². The van der Waals surface area contributed by atoms with E-state index in [-0.39, 0.29) is 11.9 Å². The standard InChI is InChI=1S/C27H39N4O3.C3H6F2.CH4O/c1-5-31(2)16-14-29(15-17-31)24-9-6-8-21-22(24)19-30(27(21)32)23(10-7-13-28)20-11-12-25(33-3)26(18-20)34-4;1-3(2,4)5;1-2/h6,8-9,11-12,18,23H,5,7,10,13-17,19,28H2,1-4H3;1-2H3;2H,1H3/q+1;;/t23-;;/m1../s1. The van der Waals surface area contributed by atoms with Gasteiger partial charge in [-0.3, -0.25) is 4.79 Å². The first kappa shape index (κ1) is 34.3. The molecule has 1 atom stereocenters. The van der Waals surface area contributed by atoms with Gasteiger partial charge in [0.2, 0.25) is 5.92 Å². The molecule has 0 bridgehead atoms. The second kappa shape index (κ2) is 15.3. The number of rotatable bonds is 9. The summed E-state index contributed by atoms with van der Waals surface area (Å²) in [5, 5.41) is 7.00. The fraction of sp³-hybridized carbons (Fsp3) is 0.581. The van der Waals surface area contributed by atoms with E-state index in [1.807, 2.05) is 35.2 Å². The number of nitrogens with zero attached hydrogens (tertiary/aromatic N) is 3. The van der Waals surface area contributed by atoms with Crippen molar-refractivity contribution < 1.29 is 32.6 Å². The number of nitrogens with two attached hydrogens (primary N) is 1. The van der Waals surface area contributed by atoms with Crippen molar-refractivity contribution in [1.29, 1.82) is 0 Å². The molecule has 230 valence electrons. The molecule has 0 saturated carbocycles. The first-order valence-corrected chi connectivity index (χ1v) is 14.2. The molecule has 0 aliphatic carbocycles. The first-order chi connectivity index (χ1) is 19.4. The summed E-state index contributed by atoms with van der Waals surface area (Å²) in [6, 6.07) is 12.1. The lowest BCUT2D eigenvalue weighted by molar-refractivity contribution is -0.908. The molecule has 4 rings (SSSR count). The molecule has 0 spiro atoms. The minimum absolute atomic E-state index is 0.0717. The Kier molecular flexibility index (Phi) is 12.8. The lowest BCUT2D eigenvalue weighted by Gasteiger charge is -2.42. The molecule has 2 heterocycles. The van der Waals surface area contributed by atoms with E-state index < -0.39 is 5.92 Å². The second-order valence-electron chi connectivity index (χ2n) is 11.0. The third-order valence-corrected chi connectivity index (χ3v) is 7.74. The van der Waals surface area contributed by atoms with E-state index in [4.69, 9.17) is 20.3 Å². The number of likely N-dealkylation sites (N-methyl/N-ethyl adjacent to an activating group) is 1. The van der Waals surface area contributed by atoms with Crippen molar-refractivity contribution in [3.8, 4) is 11.5 Å². The average molecular weight is 580 g/mol. The quantitative estimate of drug-likeness (QED) is 0.419. The zero-order valence-electron chi connectivity index (χ0n) is 25.8. The molecule has 1 fully saturated rings. The molecule has 2 aliphatic heterocycles. The van der Waals surface area contributed by atoms with Crippen LogP contribution in [0, 0.1) is 0 Å². The van der Waals surface area contributed by atoms with Gasteiger partial charge in [0, 0.05) is 30.5 Å². The number of halogens is 2. The lowest BCUT2D eigenvalue weighted by atomic mass is 9.99. The van der Waals surface area contributed by atoms with Gasteiger partial charge in [-0.1, -0.05) is 12.1 Å². The molecule has 2 aromatic rings. The maximum absolute atomic E-state index is 13.7. The number of hydrogen-bond acceptors (Lipinski definition) is 6. The summed E-state index contributed by atoms with van der Waals surface area (Å²) in [6.45, 7) is 10.6. The monoisotopic (exact) mass is 579 g/mol. The van der Waals surface area contributed by atoms with E-state index in [9.17, 15) is 13.6 Å². The second-order valence-corrected chi connectivity index (χ2v) is 11.0. The Bertz CT molecular complexity index is 1110. The lowest BCUT2D eigenvalue weighted by Crippen LogP contribution is -2.57. The van der Waals surface area contributed by atoms with Gasteiger partial charge in [-0.25, -0.2) is 8.78 Å². The smallest absolute Gasteiger partial charge is 0.255 e. The maximum Gasteiger partial charge on any atom is 0.255 e. The van der Waals surface area contributed by atoms with Crippen molar-refractivity contribution in [2.45, 2.75) is 52.1 Å². The molecule has 0 aromatic heterocycles. The number of carbonyl (C=O) groups is 1. The van der Waals surface area contributed by atoms with Crippen LogP contribution < -0.4 is 20.1 Å². The number of carbonyl (C=O) groups excluding carboxylic acids is 1. The number of aliphatic hydroxyl groups is 1. The van der Waals surface area contributed by atoms with Gasteiger partial charge in [-0.05, 0) is 70.0 Å². The third-order valence-electron chi connectivity index (χ3n) is 7.74. The summed E-state index contributed by atoms with van der Waals surface area (Å²) in [5.41, 5.74) is 10.1. The van der Waals surface area contributed by atoms with Crippen LogP contribution in [0.5, 0.6) is 11.5 Å². The van der Waals surface area contributed by atoms with Crippen molar-refractivity contribution >= 4 is 11.6 Å². The van der Waals surface area contributed by atoms with Gasteiger partial charge in [-0.2, -0.15) is 0 Å². The number of quaternary nitrogens is 1. The normalized spacial score (nSPS) is 16.6. The van der Waals surface area contributed by atoms with Crippen LogP contribution in [0.15, 0.2) is 36.4 Å². The molecule has 0 unspecified atom stereocenters. The van der Waals surface area contributed by atoms with E-state index in [1.165, 1.54) is 5.69 Å². The number of ether oxygens (including phenoxy) is 2. The molecular weight excluding hydrogens is 530 g/mol. The number of aliphatic hydroxyl groups excluding tert-OH is 1. The Morgan fingerprint density at radius 1 is 1.07 bits per heavy atom. The number of fused-ring (bicyclic) bond motifs is 1. The number of anilines is 1. The fourth-order valence-electron chi connectivity index (χ4n) is 5.26. The Balaban J connectivity index is 0.000000759. The molecular formula is C31H49F2N4O4+. The highest BCUT2D eigenvalue weighted by Crippen LogP contribution is 2.40. The van der Waals surface area contributed by atoms with Crippen LogP contribution >= 0.6 is 0 Å². The van der Waals surface area contributed by atoms with Gasteiger partial charge < -0.3 is 34.6 Å². The highest BCUT2D eigenvalue weighted by atomic mass is 19.3. The summed E-state index contributed by atoms with van der Waals surface area (Å²) in [5.74, 6) is -1.04. The summed E-state index contributed by atoms with van der Waals surface area (Å²) < 4.78 is 34.1. The third kappa shape index (κ3) is 9.02. The Morgan fingerprint density at radius 2 is 1.68 bits per heavy atom. The minimum atomic E-state index is -2.50.